The maximum Gasteiger partial charge on any atom is 0.150 e. The van der Waals surface area contributed by atoms with Gasteiger partial charge in [0.25, 0.3) is 0 Å². The van der Waals surface area contributed by atoms with Crippen LogP contribution in [0.15, 0.2) is 30.6 Å². The van der Waals surface area contributed by atoms with Gasteiger partial charge in [0.15, 0.2) is 0 Å². The zero-order valence-electron chi connectivity index (χ0n) is 7.52. The number of carbonyl (C=O) groups is 1. The summed E-state index contributed by atoms with van der Waals surface area (Å²) in [6, 6.07) is 4.97. The van der Waals surface area contributed by atoms with Gasteiger partial charge in [0, 0.05) is 11.8 Å². The number of carbonyl (C=O) groups excluding carboxylic acids is 1. The highest BCUT2D eigenvalue weighted by Gasteiger charge is 2.05. The van der Waals surface area contributed by atoms with Crippen molar-refractivity contribution < 1.29 is 4.79 Å². The quantitative estimate of drug-likeness (QED) is 0.757. The zero-order chi connectivity index (χ0) is 10.8. The molecular formula is C10H6Cl2N2O. The molecule has 1 heterocycles. The molecule has 0 aliphatic rings. The minimum absolute atomic E-state index is 0.458. The van der Waals surface area contributed by atoms with E-state index >= 15 is 0 Å². The molecule has 1 aromatic carbocycles. The summed E-state index contributed by atoms with van der Waals surface area (Å²) < 4.78 is 1.55. The van der Waals surface area contributed by atoms with Crippen LogP contribution in [0.25, 0.3) is 5.69 Å². The fourth-order valence-corrected chi connectivity index (χ4v) is 1.63. The fraction of sp³-hybridized carbons (Fsp3) is 0. The molecule has 5 heteroatoms. The summed E-state index contributed by atoms with van der Waals surface area (Å²) in [6.07, 6.45) is 3.90. The Hall–Kier alpha value is -1.32. The Morgan fingerprint density at radius 2 is 2.13 bits per heavy atom. The molecule has 0 spiro atoms. The summed E-state index contributed by atoms with van der Waals surface area (Å²) in [6.45, 7) is 0. The van der Waals surface area contributed by atoms with Crippen LogP contribution in [0.4, 0.5) is 0 Å². The van der Waals surface area contributed by atoms with Gasteiger partial charge in [0.2, 0.25) is 0 Å². The third-order valence-electron chi connectivity index (χ3n) is 1.91. The lowest BCUT2D eigenvalue weighted by Gasteiger charge is -2.03. The van der Waals surface area contributed by atoms with Gasteiger partial charge < -0.3 is 0 Å². The molecule has 0 atom stereocenters. The van der Waals surface area contributed by atoms with Crippen molar-refractivity contribution in [3.63, 3.8) is 0 Å². The standard InChI is InChI=1S/C10H6Cl2N2O/c11-8-4-13-14(5-8)10-2-1-7(6-15)3-9(10)12/h1-6H. The van der Waals surface area contributed by atoms with Gasteiger partial charge in [0.1, 0.15) is 6.29 Å². The first-order valence-electron chi connectivity index (χ1n) is 4.16. The number of rotatable bonds is 2. The van der Waals surface area contributed by atoms with E-state index in [4.69, 9.17) is 23.2 Å². The Kier molecular flexibility index (Phi) is 2.75. The molecule has 2 aromatic rings. The van der Waals surface area contributed by atoms with E-state index in [9.17, 15) is 4.79 Å². The average Bonchev–Trinajstić information content (AvgIpc) is 2.64. The predicted molar refractivity (Wildman–Crippen MR) is 59.0 cm³/mol. The minimum atomic E-state index is 0.458. The van der Waals surface area contributed by atoms with E-state index in [2.05, 4.69) is 5.10 Å². The molecule has 3 nitrogen and oxygen atoms in total. The minimum Gasteiger partial charge on any atom is -0.298 e. The van der Waals surface area contributed by atoms with Crippen LogP contribution in [0, 0.1) is 0 Å². The fourth-order valence-electron chi connectivity index (χ4n) is 1.21. The van der Waals surface area contributed by atoms with Gasteiger partial charge in [-0.15, -0.1) is 0 Å². The van der Waals surface area contributed by atoms with E-state index in [-0.39, 0.29) is 0 Å². The van der Waals surface area contributed by atoms with E-state index in [0.717, 1.165) is 6.29 Å². The topological polar surface area (TPSA) is 34.9 Å². The van der Waals surface area contributed by atoms with Gasteiger partial charge in [-0.05, 0) is 18.2 Å². The van der Waals surface area contributed by atoms with Crippen molar-refractivity contribution in [2.45, 2.75) is 0 Å². The van der Waals surface area contributed by atoms with Crippen molar-refractivity contribution in [2.75, 3.05) is 0 Å². The molecule has 0 fully saturated rings. The number of hydrogen-bond donors (Lipinski definition) is 0. The largest absolute Gasteiger partial charge is 0.298 e. The van der Waals surface area contributed by atoms with Gasteiger partial charge in [-0.25, -0.2) is 4.68 Å². The molecule has 1 aromatic heterocycles. The van der Waals surface area contributed by atoms with Crippen LogP contribution in [0.1, 0.15) is 10.4 Å². The van der Waals surface area contributed by atoms with E-state index in [1.807, 2.05) is 0 Å². The lowest BCUT2D eigenvalue weighted by molar-refractivity contribution is 0.112. The number of hydrogen-bond acceptors (Lipinski definition) is 2. The van der Waals surface area contributed by atoms with Crippen LogP contribution in [0.3, 0.4) is 0 Å². The van der Waals surface area contributed by atoms with E-state index in [1.165, 1.54) is 6.20 Å². The lowest BCUT2D eigenvalue weighted by atomic mass is 10.2. The Labute approximate surface area is 96.2 Å². The van der Waals surface area contributed by atoms with E-state index < -0.39 is 0 Å². The molecule has 76 valence electrons. The summed E-state index contributed by atoms with van der Waals surface area (Å²) in [5.41, 5.74) is 1.22. The highest BCUT2D eigenvalue weighted by atomic mass is 35.5. The second-order valence-corrected chi connectivity index (χ2v) is 3.78. The SMILES string of the molecule is O=Cc1ccc(-n2cc(Cl)cn2)c(Cl)c1. The number of benzene rings is 1. The van der Waals surface area contributed by atoms with Crippen molar-refractivity contribution >= 4 is 29.5 Å². The Morgan fingerprint density at radius 1 is 1.33 bits per heavy atom. The summed E-state index contributed by atoms with van der Waals surface area (Å²) >= 11 is 11.7. The van der Waals surface area contributed by atoms with Gasteiger partial charge in [0.05, 0.1) is 21.9 Å². The van der Waals surface area contributed by atoms with E-state index in [0.29, 0.717) is 21.3 Å². The second-order valence-electron chi connectivity index (χ2n) is 2.93. The van der Waals surface area contributed by atoms with Gasteiger partial charge in [-0.1, -0.05) is 23.2 Å². The molecule has 0 unspecified atom stereocenters. The maximum absolute atomic E-state index is 10.5. The van der Waals surface area contributed by atoms with Gasteiger partial charge >= 0.3 is 0 Å². The number of aromatic nitrogens is 2. The molecule has 0 saturated carbocycles. The smallest absolute Gasteiger partial charge is 0.150 e. The first-order valence-corrected chi connectivity index (χ1v) is 4.91. The van der Waals surface area contributed by atoms with Gasteiger partial charge in [-0.2, -0.15) is 5.10 Å². The molecule has 0 N–H and O–H groups in total. The third kappa shape index (κ3) is 2.03. The number of halogens is 2. The monoisotopic (exact) mass is 240 g/mol. The average molecular weight is 241 g/mol. The highest BCUT2D eigenvalue weighted by molar-refractivity contribution is 6.32. The van der Waals surface area contributed by atoms with Crippen LogP contribution in [-0.2, 0) is 0 Å². The van der Waals surface area contributed by atoms with Crippen LogP contribution in [0.5, 0.6) is 0 Å². The van der Waals surface area contributed by atoms with Crippen LogP contribution in [0.2, 0.25) is 10.0 Å². The van der Waals surface area contributed by atoms with Crippen LogP contribution >= 0.6 is 23.2 Å². The van der Waals surface area contributed by atoms with Crippen molar-refractivity contribution in [3.8, 4) is 5.69 Å². The van der Waals surface area contributed by atoms with Crippen molar-refractivity contribution in [1.82, 2.24) is 9.78 Å². The molecule has 0 aliphatic carbocycles. The Balaban J connectivity index is 2.49. The van der Waals surface area contributed by atoms with Crippen molar-refractivity contribution in [2.24, 2.45) is 0 Å². The summed E-state index contributed by atoms with van der Waals surface area (Å²) in [4.78, 5) is 10.5. The maximum atomic E-state index is 10.5. The first kappa shape index (κ1) is 10.2. The molecule has 0 aliphatic heterocycles. The second kappa shape index (κ2) is 4.04. The van der Waals surface area contributed by atoms with Crippen LogP contribution < -0.4 is 0 Å². The van der Waals surface area contributed by atoms with E-state index in [1.54, 1.807) is 29.1 Å². The zero-order valence-corrected chi connectivity index (χ0v) is 9.03. The molecule has 0 radical (unpaired) electrons. The molecule has 15 heavy (non-hydrogen) atoms. The van der Waals surface area contributed by atoms with Crippen molar-refractivity contribution in [3.05, 3.63) is 46.2 Å². The molecular weight excluding hydrogens is 235 g/mol. The normalized spacial score (nSPS) is 10.3. The Morgan fingerprint density at radius 3 is 2.67 bits per heavy atom. The summed E-state index contributed by atoms with van der Waals surface area (Å²) in [7, 11) is 0. The van der Waals surface area contributed by atoms with Crippen molar-refractivity contribution in [1.29, 1.82) is 0 Å². The highest BCUT2D eigenvalue weighted by Crippen LogP contribution is 2.21. The van der Waals surface area contributed by atoms with Gasteiger partial charge in [-0.3, -0.25) is 4.79 Å². The molecule has 0 saturated heterocycles. The summed E-state index contributed by atoms with van der Waals surface area (Å²) in [5, 5.41) is 5.00. The van der Waals surface area contributed by atoms with Crippen LogP contribution in [-0.4, -0.2) is 16.1 Å². The third-order valence-corrected chi connectivity index (χ3v) is 2.40. The predicted octanol–water partition coefficient (Wildman–Crippen LogP) is 2.99. The number of nitrogens with zero attached hydrogens (tertiary/aromatic N) is 2. The molecule has 0 amide bonds. The molecule has 2 rings (SSSR count). The molecule has 0 bridgehead atoms. The Bertz CT molecular complexity index is 508. The first-order chi connectivity index (χ1) is 7.20. The summed E-state index contributed by atoms with van der Waals surface area (Å²) in [5.74, 6) is 0. The lowest BCUT2D eigenvalue weighted by Crippen LogP contribution is -1.95. The number of aldehydes is 1.